The van der Waals surface area contributed by atoms with Crippen molar-refractivity contribution in [3.63, 3.8) is 0 Å². The van der Waals surface area contributed by atoms with E-state index in [1.165, 1.54) is 5.56 Å². The summed E-state index contributed by atoms with van der Waals surface area (Å²) < 4.78 is 0. The van der Waals surface area contributed by atoms with Gasteiger partial charge < -0.3 is 10.2 Å². The Morgan fingerprint density at radius 2 is 1.75 bits per heavy atom. The molecule has 0 unspecified atom stereocenters. The number of carbonyl (C=O) groups excluding carboxylic acids is 1. The third-order valence-electron chi connectivity index (χ3n) is 4.96. The largest absolute Gasteiger partial charge is 0.326 e. The molecule has 2 aromatic rings. The van der Waals surface area contributed by atoms with Crippen LogP contribution in [0.4, 0.5) is 10.6 Å². The second-order valence-electron chi connectivity index (χ2n) is 6.40. The number of amides is 2. The molecule has 1 N–H and O–H groups in total. The molecule has 3 heterocycles. The Kier molecular flexibility index (Phi) is 4.17. The zero-order valence-corrected chi connectivity index (χ0v) is 13.6. The molecule has 2 saturated heterocycles. The summed E-state index contributed by atoms with van der Waals surface area (Å²) in [6, 6.07) is 16.5. The van der Waals surface area contributed by atoms with Crippen LogP contribution in [-0.4, -0.2) is 41.6 Å². The number of benzene rings is 1. The van der Waals surface area contributed by atoms with Crippen molar-refractivity contribution in [1.29, 1.82) is 0 Å². The predicted octanol–water partition coefficient (Wildman–Crippen LogP) is 2.82. The zero-order chi connectivity index (χ0) is 16.4. The molecule has 2 aliphatic heterocycles. The van der Waals surface area contributed by atoms with Crippen LogP contribution in [0, 0.1) is 0 Å². The van der Waals surface area contributed by atoms with Gasteiger partial charge in [0.15, 0.2) is 0 Å². The zero-order valence-electron chi connectivity index (χ0n) is 13.6. The molecule has 5 nitrogen and oxygen atoms in total. The van der Waals surface area contributed by atoms with E-state index >= 15 is 0 Å². The summed E-state index contributed by atoms with van der Waals surface area (Å²) >= 11 is 0. The molecule has 1 atom stereocenters. The van der Waals surface area contributed by atoms with E-state index in [-0.39, 0.29) is 18.1 Å². The minimum Gasteiger partial charge on any atom is -0.317 e. The molecule has 24 heavy (non-hydrogen) atoms. The average molecular weight is 322 g/mol. The van der Waals surface area contributed by atoms with Crippen LogP contribution >= 0.6 is 0 Å². The van der Waals surface area contributed by atoms with Gasteiger partial charge in [0.05, 0.1) is 12.6 Å². The highest BCUT2D eigenvalue weighted by Gasteiger charge is 2.43. The van der Waals surface area contributed by atoms with E-state index in [1.54, 1.807) is 6.20 Å². The van der Waals surface area contributed by atoms with Crippen LogP contribution in [-0.2, 0) is 0 Å². The van der Waals surface area contributed by atoms with Crippen LogP contribution in [0.15, 0.2) is 54.7 Å². The molecule has 1 aromatic heterocycles. The van der Waals surface area contributed by atoms with E-state index in [0.717, 1.165) is 31.7 Å². The Bertz CT molecular complexity index is 685. The van der Waals surface area contributed by atoms with Crippen molar-refractivity contribution >= 4 is 11.8 Å². The first-order valence-electron chi connectivity index (χ1n) is 8.61. The van der Waals surface area contributed by atoms with Gasteiger partial charge in [0, 0.05) is 12.2 Å². The molecule has 2 aliphatic rings. The Labute approximate surface area is 142 Å². The average Bonchev–Trinajstić information content (AvgIpc) is 3.01. The fourth-order valence-electron chi connectivity index (χ4n) is 3.75. The number of piperidine rings is 1. The number of nitrogens with one attached hydrogen (secondary N) is 1. The maximum absolute atomic E-state index is 13.2. The molecule has 0 aliphatic carbocycles. The van der Waals surface area contributed by atoms with E-state index in [0.29, 0.717) is 6.54 Å². The van der Waals surface area contributed by atoms with Gasteiger partial charge in [0.25, 0.3) is 0 Å². The van der Waals surface area contributed by atoms with Crippen LogP contribution in [0.2, 0.25) is 0 Å². The fourth-order valence-corrected chi connectivity index (χ4v) is 3.75. The summed E-state index contributed by atoms with van der Waals surface area (Å²) in [6.45, 7) is 2.60. The number of hydrogen-bond donors (Lipinski definition) is 1. The van der Waals surface area contributed by atoms with Gasteiger partial charge >= 0.3 is 6.03 Å². The number of aromatic nitrogens is 1. The summed E-state index contributed by atoms with van der Waals surface area (Å²) in [6.07, 6.45) is 3.75. The monoisotopic (exact) mass is 322 g/mol. The van der Waals surface area contributed by atoms with Crippen molar-refractivity contribution < 1.29 is 4.79 Å². The number of carbonyl (C=O) groups is 1. The maximum Gasteiger partial charge on any atom is 0.326 e. The topological polar surface area (TPSA) is 48.5 Å². The van der Waals surface area contributed by atoms with Gasteiger partial charge in [0.1, 0.15) is 5.82 Å². The molecule has 2 amide bonds. The summed E-state index contributed by atoms with van der Waals surface area (Å²) in [4.78, 5) is 21.5. The second kappa shape index (κ2) is 6.61. The van der Waals surface area contributed by atoms with Crippen LogP contribution in [0.25, 0.3) is 0 Å². The second-order valence-corrected chi connectivity index (χ2v) is 6.40. The van der Waals surface area contributed by atoms with E-state index < -0.39 is 0 Å². The van der Waals surface area contributed by atoms with E-state index in [2.05, 4.69) is 27.3 Å². The first-order chi connectivity index (χ1) is 11.8. The van der Waals surface area contributed by atoms with Crippen LogP contribution in [0.3, 0.4) is 0 Å². The standard InChI is InChI=1S/C19H22N4O/c24-19-22(18-8-4-5-11-21-18)14-17(15-6-2-1-3-7-15)23(19)16-9-12-20-13-10-16/h1-8,11,16-17,20H,9-10,12-14H2/t17-/m0/s1. The number of pyridine rings is 1. The number of rotatable bonds is 3. The van der Waals surface area contributed by atoms with E-state index in [4.69, 9.17) is 0 Å². The summed E-state index contributed by atoms with van der Waals surface area (Å²) in [7, 11) is 0. The lowest BCUT2D eigenvalue weighted by molar-refractivity contribution is 0.158. The summed E-state index contributed by atoms with van der Waals surface area (Å²) in [5, 5.41) is 3.39. The lowest BCUT2D eigenvalue weighted by atomic mass is 10.00. The molecule has 0 bridgehead atoms. The molecule has 0 saturated carbocycles. The lowest BCUT2D eigenvalue weighted by Gasteiger charge is -2.35. The molecule has 1 aromatic carbocycles. The van der Waals surface area contributed by atoms with Crippen LogP contribution in [0.1, 0.15) is 24.4 Å². The van der Waals surface area contributed by atoms with Crippen molar-refractivity contribution in [2.45, 2.75) is 24.9 Å². The Morgan fingerprint density at radius 3 is 2.46 bits per heavy atom. The quantitative estimate of drug-likeness (QED) is 0.945. The first kappa shape index (κ1) is 15.1. The van der Waals surface area contributed by atoms with E-state index in [1.807, 2.05) is 41.3 Å². The fraction of sp³-hybridized carbons (Fsp3) is 0.368. The third kappa shape index (κ3) is 2.76. The predicted molar refractivity (Wildman–Crippen MR) is 93.9 cm³/mol. The molecule has 4 rings (SSSR count). The first-order valence-corrected chi connectivity index (χ1v) is 8.61. The summed E-state index contributed by atoms with van der Waals surface area (Å²) in [5.41, 5.74) is 1.20. The number of urea groups is 1. The normalized spacial score (nSPS) is 22.2. The summed E-state index contributed by atoms with van der Waals surface area (Å²) in [5.74, 6) is 0.736. The third-order valence-corrected chi connectivity index (χ3v) is 4.96. The van der Waals surface area contributed by atoms with Crippen molar-refractivity contribution in [3.05, 3.63) is 60.3 Å². The number of nitrogens with zero attached hydrogens (tertiary/aromatic N) is 3. The van der Waals surface area contributed by atoms with Crippen LogP contribution in [0.5, 0.6) is 0 Å². The van der Waals surface area contributed by atoms with Gasteiger partial charge in [-0.15, -0.1) is 0 Å². The highest BCUT2D eigenvalue weighted by molar-refractivity contribution is 5.94. The van der Waals surface area contributed by atoms with Crippen molar-refractivity contribution in [2.75, 3.05) is 24.5 Å². The van der Waals surface area contributed by atoms with Crippen molar-refractivity contribution in [1.82, 2.24) is 15.2 Å². The molecule has 0 radical (unpaired) electrons. The van der Waals surface area contributed by atoms with Gasteiger partial charge in [-0.25, -0.2) is 9.78 Å². The molecule has 2 fully saturated rings. The Hall–Kier alpha value is -2.40. The SMILES string of the molecule is O=C1N(c2ccccn2)C[C@@H](c2ccccc2)N1C1CCNCC1. The molecule has 124 valence electrons. The highest BCUT2D eigenvalue weighted by atomic mass is 16.2. The smallest absolute Gasteiger partial charge is 0.317 e. The Balaban J connectivity index is 1.68. The molecular formula is C19H22N4O. The van der Waals surface area contributed by atoms with Crippen molar-refractivity contribution in [3.8, 4) is 0 Å². The van der Waals surface area contributed by atoms with Gasteiger partial charge in [-0.3, -0.25) is 4.90 Å². The maximum atomic E-state index is 13.2. The molecule has 5 heteroatoms. The van der Waals surface area contributed by atoms with Crippen LogP contribution < -0.4 is 10.2 Å². The van der Waals surface area contributed by atoms with Gasteiger partial charge in [0.2, 0.25) is 0 Å². The molecule has 0 spiro atoms. The number of anilines is 1. The van der Waals surface area contributed by atoms with Gasteiger partial charge in [-0.2, -0.15) is 0 Å². The molecular weight excluding hydrogens is 300 g/mol. The minimum absolute atomic E-state index is 0.0782. The van der Waals surface area contributed by atoms with Crippen molar-refractivity contribution in [2.24, 2.45) is 0 Å². The lowest BCUT2D eigenvalue weighted by Crippen LogP contribution is -2.46. The minimum atomic E-state index is 0.0782. The van der Waals surface area contributed by atoms with Gasteiger partial charge in [-0.1, -0.05) is 36.4 Å². The highest BCUT2D eigenvalue weighted by Crippen LogP contribution is 2.35. The Morgan fingerprint density at radius 1 is 1.00 bits per heavy atom. The van der Waals surface area contributed by atoms with E-state index in [9.17, 15) is 4.79 Å². The number of hydrogen-bond acceptors (Lipinski definition) is 3. The van der Waals surface area contributed by atoms with Gasteiger partial charge in [-0.05, 0) is 43.6 Å².